The van der Waals surface area contributed by atoms with Gasteiger partial charge in [-0.15, -0.1) is 10.2 Å². The van der Waals surface area contributed by atoms with E-state index in [4.69, 9.17) is 0 Å². The van der Waals surface area contributed by atoms with E-state index in [1.165, 1.54) is 12.8 Å². The van der Waals surface area contributed by atoms with Gasteiger partial charge in [-0.25, -0.2) is 0 Å². The summed E-state index contributed by atoms with van der Waals surface area (Å²) >= 11 is 1.59. The quantitative estimate of drug-likeness (QED) is 0.653. The number of hydrogen-bond donors (Lipinski definition) is 0. The highest BCUT2D eigenvalue weighted by Crippen LogP contribution is 2.30. The number of pyridine rings is 1. The van der Waals surface area contributed by atoms with Crippen molar-refractivity contribution in [2.24, 2.45) is 11.8 Å². The molecule has 1 fully saturated rings. The molecule has 26 heavy (non-hydrogen) atoms. The number of ketones is 1. The van der Waals surface area contributed by atoms with E-state index in [2.05, 4.69) is 46.4 Å². The standard InChI is InChI=1S/C21H23N3OS/c1-13-3-5-15(6-4-13)20(25)11-19-10-18-9-16(7-8-17(18)12-22-19)21-24-23-14(2)26-21/h7-10,12-13,15H,3-6,11H2,1-2H3. The molecular formula is C21H23N3OS. The molecule has 5 heteroatoms. The first-order valence-electron chi connectivity index (χ1n) is 9.30. The van der Waals surface area contributed by atoms with Crippen molar-refractivity contribution in [2.45, 2.75) is 46.0 Å². The van der Waals surface area contributed by atoms with Crippen molar-refractivity contribution in [1.82, 2.24) is 15.2 Å². The lowest BCUT2D eigenvalue weighted by Crippen LogP contribution is -2.22. The summed E-state index contributed by atoms with van der Waals surface area (Å²) in [5.74, 6) is 1.33. The molecule has 4 nitrogen and oxygen atoms in total. The van der Waals surface area contributed by atoms with Crippen LogP contribution < -0.4 is 0 Å². The highest BCUT2D eigenvalue weighted by Gasteiger charge is 2.24. The molecule has 2 heterocycles. The van der Waals surface area contributed by atoms with Crippen LogP contribution in [0.25, 0.3) is 21.3 Å². The number of rotatable bonds is 4. The Balaban J connectivity index is 1.55. The Morgan fingerprint density at radius 2 is 1.92 bits per heavy atom. The topological polar surface area (TPSA) is 55.7 Å². The van der Waals surface area contributed by atoms with Crippen molar-refractivity contribution in [3.05, 3.63) is 41.2 Å². The summed E-state index contributed by atoms with van der Waals surface area (Å²) < 4.78 is 0. The Kier molecular flexibility index (Phi) is 4.81. The molecule has 1 saturated carbocycles. The van der Waals surface area contributed by atoms with Crippen LogP contribution in [0.4, 0.5) is 0 Å². The van der Waals surface area contributed by atoms with Crippen molar-refractivity contribution in [3.8, 4) is 10.6 Å². The van der Waals surface area contributed by atoms with E-state index in [1.54, 1.807) is 11.3 Å². The molecule has 0 N–H and O–H groups in total. The van der Waals surface area contributed by atoms with E-state index in [9.17, 15) is 4.79 Å². The van der Waals surface area contributed by atoms with E-state index in [0.717, 1.165) is 50.8 Å². The fraction of sp³-hybridized carbons (Fsp3) is 0.429. The molecule has 3 aromatic rings. The van der Waals surface area contributed by atoms with E-state index in [0.29, 0.717) is 12.2 Å². The molecule has 4 rings (SSSR count). The summed E-state index contributed by atoms with van der Waals surface area (Å²) in [6, 6.07) is 8.28. The maximum atomic E-state index is 12.6. The molecule has 0 saturated heterocycles. The molecule has 134 valence electrons. The number of aromatic nitrogens is 3. The molecule has 0 spiro atoms. The number of aryl methyl sites for hydroxylation is 1. The minimum atomic E-state index is 0.222. The highest BCUT2D eigenvalue weighted by molar-refractivity contribution is 7.14. The Morgan fingerprint density at radius 1 is 1.12 bits per heavy atom. The molecular weight excluding hydrogens is 342 g/mol. The summed E-state index contributed by atoms with van der Waals surface area (Å²) in [4.78, 5) is 17.2. The maximum Gasteiger partial charge on any atom is 0.147 e. The number of Topliss-reactive ketones (excluding diaryl/α,β-unsaturated/α-hetero) is 1. The van der Waals surface area contributed by atoms with Crippen LogP contribution in [-0.2, 0) is 11.2 Å². The molecule has 0 aliphatic heterocycles. The van der Waals surface area contributed by atoms with Gasteiger partial charge in [0.1, 0.15) is 15.8 Å². The van der Waals surface area contributed by atoms with Crippen LogP contribution in [0.15, 0.2) is 30.5 Å². The molecule has 1 aliphatic carbocycles. The van der Waals surface area contributed by atoms with Gasteiger partial charge in [0.15, 0.2) is 0 Å². The summed E-state index contributed by atoms with van der Waals surface area (Å²) in [5, 5.41) is 12.4. The predicted octanol–water partition coefficient (Wildman–Crippen LogP) is 5.00. The van der Waals surface area contributed by atoms with Gasteiger partial charge >= 0.3 is 0 Å². The van der Waals surface area contributed by atoms with Gasteiger partial charge in [0.05, 0.1) is 0 Å². The average Bonchev–Trinajstić information content (AvgIpc) is 3.08. The first-order chi connectivity index (χ1) is 12.6. The lowest BCUT2D eigenvalue weighted by atomic mass is 9.80. The number of carbonyl (C=O) groups excluding carboxylic acids is 1. The normalized spacial score (nSPS) is 20.4. The van der Waals surface area contributed by atoms with Crippen LogP contribution in [0.5, 0.6) is 0 Å². The van der Waals surface area contributed by atoms with Crippen molar-refractivity contribution in [1.29, 1.82) is 0 Å². The molecule has 0 atom stereocenters. The van der Waals surface area contributed by atoms with Crippen LogP contribution in [0, 0.1) is 18.8 Å². The summed E-state index contributed by atoms with van der Waals surface area (Å²) in [6.45, 7) is 4.24. The molecule has 0 unspecified atom stereocenters. The van der Waals surface area contributed by atoms with Gasteiger partial charge in [0.25, 0.3) is 0 Å². The monoisotopic (exact) mass is 365 g/mol. The second-order valence-electron chi connectivity index (χ2n) is 7.46. The molecule has 1 aromatic carbocycles. The number of benzene rings is 1. The molecule has 0 radical (unpaired) electrons. The van der Waals surface area contributed by atoms with Gasteiger partial charge in [0, 0.05) is 35.2 Å². The van der Waals surface area contributed by atoms with E-state index in [1.807, 2.05) is 13.1 Å². The highest BCUT2D eigenvalue weighted by atomic mass is 32.1. The third-order valence-electron chi connectivity index (χ3n) is 5.38. The smallest absolute Gasteiger partial charge is 0.147 e. The lowest BCUT2D eigenvalue weighted by molar-refractivity contribution is -0.123. The second kappa shape index (κ2) is 7.23. The minimum Gasteiger partial charge on any atom is -0.299 e. The van der Waals surface area contributed by atoms with E-state index < -0.39 is 0 Å². The van der Waals surface area contributed by atoms with Gasteiger partial charge < -0.3 is 0 Å². The van der Waals surface area contributed by atoms with Crippen LogP contribution in [0.1, 0.15) is 43.3 Å². The van der Waals surface area contributed by atoms with E-state index in [-0.39, 0.29) is 5.92 Å². The first kappa shape index (κ1) is 17.3. The third-order valence-corrected chi connectivity index (χ3v) is 6.27. The van der Waals surface area contributed by atoms with Crippen molar-refractivity contribution in [2.75, 3.05) is 0 Å². The summed E-state index contributed by atoms with van der Waals surface area (Å²) in [5.41, 5.74) is 1.93. The zero-order chi connectivity index (χ0) is 18.1. The molecule has 0 amide bonds. The number of nitrogens with zero attached hydrogens (tertiary/aromatic N) is 3. The largest absolute Gasteiger partial charge is 0.299 e. The summed E-state index contributed by atoms with van der Waals surface area (Å²) in [6.07, 6.45) is 6.73. The Hall–Kier alpha value is -2.14. The fourth-order valence-electron chi connectivity index (χ4n) is 3.73. The number of hydrogen-bond acceptors (Lipinski definition) is 5. The average molecular weight is 366 g/mol. The van der Waals surface area contributed by atoms with Gasteiger partial charge in [-0.2, -0.15) is 0 Å². The maximum absolute atomic E-state index is 12.6. The predicted molar refractivity (Wildman–Crippen MR) is 105 cm³/mol. The minimum absolute atomic E-state index is 0.222. The van der Waals surface area contributed by atoms with Crippen LogP contribution in [-0.4, -0.2) is 21.0 Å². The van der Waals surface area contributed by atoms with Crippen LogP contribution in [0.2, 0.25) is 0 Å². The zero-order valence-electron chi connectivity index (χ0n) is 15.2. The van der Waals surface area contributed by atoms with Crippen LogP contribution in [0.3, 0.4) is 0 Å². The Bertz CT molecular complexity index is 941. The fourth-order valence-corrected chi connectivity index (χ4v) is 4.42. The van der Waals surface area contributed by atoms with Gasteiger partial charge in [0.2, 0.25) is 0 Å². The van der Waals surface area contributed by atoms with Crippen LogP contribution >= 0.6 is 11.3 Å². The molecule has 2 aromatic heterocycles. The number of carbonyl (C=O) groups is 1. The summed E-state index contributed by atoms with van der Waals surface area (Å²) in [7, 11) is 0. The lowest BCUT2D eigenvalue weighted by Gasteiger charge is -2.24. The Labute approximate surface area is 157 Å². The first-order valence-corrected chi connectivity index (χ1v) is 10.1. The van der Waals surface area contributed by atoms with Gasteiger partial charge in [-0.1, -0.05) is 43.2 Å². The Morgan fingerprint density at radius 3 is 2.65 bits per heavy atom. The molecule has 1 aliphatic rings. The molecule has 0 bridgehead atoms. The van der Waals surface area contributed by atoms with Gasteiger partial charge in [-0.3, -0.25) is 9.78 Å². The van der Waals surface area contributed by atoms with Gasteiger partial charge in [-0.05, 0) is 43.2 Å². The van der Waals surface area contributed by atoms with Crippen molar-refractivity contribution < 1.29 is 4.79 Å². The second-order valence-corrected chi connectivity index (χ2v) is 8.65. The van der Waals surface area contributed by atoms with Crippen molar-refractivity contribution >= 4 is 27.9 Å². The van der Waals surface area contributed by atoms with Crippen molar-refractivity contribution in [3.63, 3.8) is 0 Å². The van der Waals surface area contributed by atoms with E-state index >= 15 is 0 Å². The zero-order valence-corrected chi connectivity index (χ0v) is 16.1. The SMILES string of the molecule is Cc1nnc(-c2ccc3cnc(CC(=O)C4CCC(C)CC4)cc3c2)s1. The number of fused-ring (bicyclic) bond motifs is 1. The third kappa shape index (κ3) is 3.68.